The van der Waals surface area contributed by atoms with Gasteiger partial charge in [-0.3, -0.25) is 19.3 Å². The molecule has 0 saturated heterocycles. The first-order valence-electron chi connectivity index (χ1n) is 24.3. The number of rotatable bonds is 44. The molecule has 0 aromatic carbocycles. The van der Waals surface area contributed by atoms with Gasteiger partial charge in [0.05, 0.1) is 0 Å². The molecule has 10 heteroatoms. The highest BCUT2D eigenvalue weighted by atomic mass is 16.2. The van der Waals surface area contributed by atoms with Gasteiger partial charge in [0, 0.05) is 45.8 Å². The molecule has 2 atom stereocenters. The molecule has 0 saturated carbocycles. The number of amides is 3. The SMILES string of the molecule is CCCCCCCC/C=C\CCCCCCCCNC(=O)[C@H](CCCCN)NC(=O)C(CCCCCCCCCCCCCC)C(=O)NCCN(CCN)CCN. The minimum Gasteiger partial charge on any atom is -0.354 e. The van der Waals surface area contributed by atoms with Gasteiger partial charge in [-0.25, -0.2) is 0 Å². The number of unbranched alkanes of at least 4 members (excludes halogenated alkanes) is 24. The average Bonchev–Trinajstić information content (AvgIpc) is 3.20. The van der Waals surface area contributed by atoms with Crippen LogP contribution in [-0.4, -0.2) is 81.0 Å². The van der Waals surface area contributed by atoms with E-state index in [-0.39, 0.29) is 17.7 Å². The zero-order chi connectivity index (χ0) is 41.9. The van der Waals surface area contributed by atoms with Crippen LogP contribution in [0.4, 0.5) is 0 Å². The second-order valence-electron chi connectivity index (χ2n) is 16.5. The third-order valence-electron chi connectivity index (χ3n) is 11.2. The maximum Gasteiger partial charge on any atom is 0.242 e. The van der Waals surface area contributed by atoms with Crippen LogP contribution < -0.4 is 33.2 Å². The summed E-state index contributed by atoms with van der Waals surface area (Å²) in [6.07, 6.45) is 39.2. The molecular formula is C47H95N7O3. The van der Waals surface area contributed by atoms with Crippen LogP contribution in [0.25, 0.3) is 0 Å². The van der Waals surface area contributed by atoms with Gasteiger partial charge in [0.15, 0.2) is 0 Å². The Morgan fingerprint density at radius 3 is 1.39 bits per heavy atom. The Hall–Kier alpha value is -2.01. The van der Waals surface area contributed by atoms with Crippen molar-refractivity contribution < 1.29 is 14.4 Å². The molecule has 1 unspecified atom stereocenters. The number of hydrogen-bond acceptors (Lipinski definition) is 7. The van der Waals surface area contributed by atoms with E-state index in [1.54, 1.807) is 0 Å². The van der Waals surface area contributed by atoms with Gasteiger partial charge in [-0.05, 0) is 64.3 Å². The number of carbonyl (C=O) groups excluding carboxylic acids is 3. The molecule has 0 aromatic rings. The standard InChI is InChI=1S/C47H95N7O3/c1-3-5-7-9-11-13-15-17-18-19-20-22-24-26-28-32-38-51-47(57)44(34-30-31-35-48)53-46(56)43(45(55)52-39-42-54(40-36-49)41-37-50)33-29-27-25-23-21-16-14-12-10-8-6-4-2/h17-18,43-44H,3-16,19-42,48-50H2,1-2H3,(H,51,57)(H,52,55)(H,53,56)/b18-17-/t43?,44-/m0/s1. The fourth-order valence-corrected chi connectivity index (χ4v) is 7.47. The van der Waals surface area contributed by atoms with Crippen LogP contribution in [0.15, 0.2) is 12.2 Å². The highest BCUT2D eigenvalue weighted by Gasteiger charge is 2.30. The molecule has 336 valence electrons. The van der Waals surface area contributed by atoms with Gasteiger partial charge in [-0.2, -0.15) is 0 Å². The van der Waals surface area contributed by atoms with Crippen molar-refractivity contribution in [3.05, 3.63) is 12.2 Å². The summed E-state index contributed by atoms with van der Waals surface area (Å²) in [5.74, 6) is -1.65. The van der Waals surface area contributed by atoms with E-state index in [1.165, 1.54) is 135 Å². The molecular weight excluding hydrogens is 711 g/mol. The minimum absolute atomic E-state index is 0.170. The fraction of sp³-hybridized carbons (Fsp3) is 0.894. The quantitative estimate of drug-likeness (QED) is 0.0203. The lowest BCUT2D eigenvalue weighted by molar-refractivity contribution is -0.138. The second kappa shape index (κ2) is 43.6. The van der Waals surface area contributed by atoms with E-state index in [1.807, 2.05) is 0 Å². The van der Waals surface area contributed by atoms with E-state index < -0.39 is 12.0 Å². The molecule has 10 nitrogen and oxygen atoms in total. The number of carbonyl (C=O) groups is 3. The number of allylic oxidation sites excluding steroid dienone is 2. The monoisotopic (exact) mass is 806 g/mol. The average molecular weight is 806 g/mol. The molecule has 0 aliphatic carbocycles. The number of nitrogens with two attached hydrogens (primary N) is 3. The fourth-order valence-electron chi connectivity index (χ4n) is 7.47. The van der Waals surface area contributed by atoms with Crippen molar-refractivity contribution in [1.82, 2.24) is 20.9 Å². The molecule has 0 spiro atoms. The summed E-state index contributed by atoms with van der Waals surface area (Å²) >= 11 is 0. The number of nitrogens with one attached hydrogen (secondary N) is 3. The molecule has 0 aliphatic rings. The van der Waals surface area contributed by atoms with E-state index in [9.17, 15) is 14.4 Å². The summed E-state index contributed by atoms with van der Waals surface area (Å²) in [6, 6.07) is -0.681. The molecule has 0 rings (SSSR count). The molecule has 3 amide bonds. The summed E-state index contributed by atoms with van der Waals surface area (Å²) < 4.78 is 0. The predicted octanol–water partition coefficient (Wildman–Crippen LogP) is 8.80. The number of hydrogen-bond donors (Lipinski definition) is 6. The Morgan fingerprint density at radius 2 is 0.895 bits per heavy atom. The van der Waals surface area contributed by atoms with Gasteiger partial charge < -0.3 is 33.2 Å². The Morgan fingerprint density at radius 1 is 0.456 bits per heavy atom. The maximum atomic E-state index is 13.8. The predicted molar refractivity (Wildman–Crippen MR) is 244 cm³/mol. The third-order valence-corrected chi connectivity index (χ3v) is 11.2. The zero-order valence-electron chi connectivity index (χ0n) is 37.6. The van der Waals surface area contributed by atoms with Crippen molar-refractivity contribution in [3.8, 4) is 0 Å². The Bertz CT molecular complexity index is 929. The van der Waals surface area contributed by atoms with Gasteiger partial charge in [-0.15, -0.1) is 0 Å². The van der Waals surface area contributed by atoms with Crippen molar-refractivity contribution in [3.63, 3.8) is 0 Å². The summed E-state index contributed by atoms with van der Waals surface area (Å²) in [6.45, 7) is 9.12. The molecule has 0 fully saturated rings. The van der Waals surface area contributed by atoms with Gasteiger partial charge in [0.25, 0.3) is 0 Å². The smallest absolute Gasteiger partial charge is 0.242 e. The van der Waals surface area contributed by atoms with Crippen LogP contribution in [0, 0.1) is 5.92 Å². The van der Waals surface area contributed by atoms with Gasteiger partial charge in [0.2, 0.25) is 17.7 Å². The van der Waals surface area contributed by atoms with Crippen LogP contribution in [0.5, 0.6) is 0 Å². The lowest BCUT2D eigenvalue weighted by atomic mass is 9.97. The first-order valence-corrected chi connectivity index (χ1v) is 24.3. The zero-order valence-corrected chi connectivity index (χ0v) is 37.6. The van der Waals surface area contributed by atoms with Gasteiger partial charge >= 0.3 is 0 Å². The Kier molecular flexibility index (Phi) is 42.0. The van der Waals surface area contributed by atoms with Crippen LogP contribution in [0.3, 0.4) is 0 Å². The molecule has 0 radical (unpaired) electrons. The largest absolute Gasteiger partial charge is 0.354 e. The minimum atomic E-state index is -0.841. The third kappa shape index (κ3) is 35.6. The van der Waals surface area contributed by atoms with Crippen LogP contribution in [0.2, 0.25) is 0 Å². The van der Waals surface area contributed by atoms with E-state index >= 15 is 0 Å². The van der Waals surface area contributed by atoms with Crippen molar-refractivity contribution in [2.24, 2.45) is 23.1 Å². The lowest BCUT2D eigenvalue weighted by Crippen LogP contribution is -2.51. The Balaban J connectivity index is 4.85. The van der Waals surface area contributed by atoms with E-state index in [0.29, 0.717) is 65.2 Å². The highest BCUT2D eigenvalue weighted by Crippen LogP contribution is 2.16. The maximum absolute atomic E-state index is 13.8. The van der Waals surface area contributed by atoms with Gasteiger partial charge in [0.1, 0.15) is 12.0 Å². The van der Waals surface area contributed by atoms with Crippen molar-refractivity contribution >= 4 is 17.7 Å². The first kappa shape index (κ1) is 55.0. The summed E-state index contributed by atoms with van der Waals surface area (Å²) in [7, 11) is 0. The summed E-state index contributed by atoms with van der Waals surface area (Å²) in [5, 5.41) is 9.07. The van der Waals surface area contributed by atoms with Crippen LogP contribution >= 0.6 is 0 Å². The van der Waals surface area contributed by atoms with Crippen molar-refractivity contribution in [2.45, 2.75) is 213 Å². The molecule has 0 bridgehead atoms. The lowest BCUT2D eigenvalue weighted by Gasteiger charge is -2.24. The normalized spacial score (nSPS) is 12.7. The summed E-state index contributed by atoms with van der Waals surface area (Å²) in [5.41, 5.74) is 17.3. The second-order valence-corrected chi connectivity index (χ2v) is 16.5. The van der Waals surface area contributed by atoms with Crippen molar-refractivity contribution in [1.29, 1.82) is 0 Å². The van der Waals surface area contributed by atoms with E-state index in [2.05, 4.69) is 46.8 Å². The van der Waals surface area contributed by atoms with Crippen molar-refractivity contribution in [2.75, 3.05) is 52.4 Å². The molecule has 0 aromatic heterocycles. The first-order chi connectivity index (χ1) is 27.9. The summed E-state index contributed by atoms with van der Waals surface area (Å²) in [4.78, 5) is 42.8. The molecule has 0 aliphatic heterocycles. The molecule has 57 heavy (non-hydrogen) atoms. The topological polar surface area (TPSA) is 169 Å². The van der Waals surface area contributed by atoms with E-state index in [0.717, 1.165) is 44.9 Å². The van der Waals surface area contributed by atoms with E-state index in [4.69, 9.17) is 17.2 Å². The van der Waals surface area contributed by atoms with Crippen LogP contribution in [-0.2, 0) is 14.4 Å². The Labute approximate surface area is 352 Å². The molecule has 0 heterocycles. The van der Waals surface area contributed by atoms with Gasteiger partial charge in [-0.1, -0.05) is 161 Å². The highest BCUT2D eigenvalue weighted by molar-refractivity contribution is 6.01. The molecule has 9 N–H and O–H groups in total. The van der Waals surface area contributed by atoms with Crippen LogP contribution in [0.1, 0.15) is 206 Å². The number of nitrogens with zero attached hydrogens (tertiary/aromatic N) is 1.